The molecule has 2 atom stereocenters. The minimum atomic E-state index is -0.395. The summed E-state index contributed by atoms with van der Waals surface area (Å²) in [5, 5.41) is 0. The number of hydrogen-bond donors (Lipinski definition) is 0. The molecule has 0 saturated carbocycles. The summed E-state index contributed by atoms with van der Waals surface area (Å²) in [5.41, 5.74) is 0. The van der Waals surface area contributed by atoms with Crippen LogP contribution in [0.5, 0.6) is 0 Å². The van der Waals surface area contributed by atoms with Crippen LogP contribution in [-0.4, -0.2) is 24.6 Å². The first-order chi connectivity index (χ1) is 6.47. The lowest BCUT2D eigenvalue weighted by molar-refractivity contribution is -0.157. The molecule has 0 aromatic rings. The van der Waals surface area contributed by atoms with Crippen molar-refractivity contribution in [2.24, 2.45) is 5.92 Å². The Bertz CT molecular complexity index is 200. The van der Waals surface area contributed by atoms with Gasteiger partial charge in [0.2, 0.25) is 0 Å². The Morgan fingerprint density at radius 2 is 1.86 bits per heavy atom. The molecule has 0 aliphatic heterocycles. The second kappa shape index (κ2) is 6.40. The van der Waals surface area contributed by atoms with Crippen LogP contribution in [0.2, 0.25) is 0 Å². The average molecular weight is 202 g/mol. The van der Waals surface area contributed by atoms with Crippen LogP contribution in [0.4, 0.5) is 0 Å². The first kappa shape index (κ1) is 12.9. The summed E-state index contributed by atoms with van der Waals surface area (Å²) in [6.45, 7) is 6.84. The van der Waals surface area contributed by atoms with Gasteiger partial charge in [0.1, 0.15) is 6.61 Å². The summed E-state index contributed by atoms with van der Waals surface area (Å²) < 4.78 is 9.76. The predicted molar refractivity (Wildman–Crippen MR) is 51.6 cm³/mol. The van der Waals surface area contributed by atoms with Crippen molar-refractivity contribution < 1.29 is 19.1 Å². The van der Waals surface area contributed by atoms with Crippen LogP contribution in [0.1, 0.15) is 34.1 Å². The molecule has 0 saturated heterocycles. The van der Waals surface area contributed by atoms with Crippen LogP contribution < -0.4 is 0 Å². The molecule has 0 fully saturated rings. The summed E-state index contributed by atoms with van der Waals surface area (Å²) in [7, 11) is 0. The molecule has 0 aromatic carbocycles. The second-order valence-corrected chi connectivity index (χ2v) is 3.36. The highest BCUT2D eigenvalue weighted by molar-refractivity contribution is 5.73. The fourth-order valence-electron chi connectivity index (χ4n) is 0.708. The third-order valence-corrected chi connectivity index (χ3v) is 1.83. The number of hydrogen-bond acceptors (Lipinski definition) is 4. The number of ether oxygens (including phenoxy) is 2. The summed E-state index contributed by atoms with van der Waals surface area (Å²) in [6, 6.07) is 0. The van der Waals surface area contributed by atoms with Crippen molar-refractivity contribution in [2.45, 2.75) is 40.2 Å². The van der Waals surface area contributed by atoms with E-state index in [1.165, 1.54) is 6.92 Å². The Morgan fingerprint density at radius 1 is 1.29 bits per heavy atom. The molecule has 4 heteroatoms. The summed E-state index contributed by atoms with van der Waals surface area (Å²) in [5.74, 6) is -1.10. The standard InChI is InChI=1S/C10H18O4/c1-5-8(3)14-10(12)7(2)6-13-9(4)11/h7-8H,5-6H2,1-4H3. The maximum Gasteiger partial charge on any atom is 0.312 e. The molecule has 82 valence electrons. The van der Waals surface area contributed by atoms with Gasteiger partial charge in [0.25, 0.3) is 0 Å². The maximum atomic E-state index is 11.3. The molecule has 0 amide bonds. The molecule has 0 heterocycles. The van der Waals surface area contributed by atoms with Gasteiger partial charge in [-0.2, -0.15) is 0 Å². The highest BCUT2D eigenvalue weighted by Gasteiger charge is 2.17. The van der Waals surface area contributed by atoms with E-state index in [2.05, 4.69) is 0 Å². The van der Waals surface area contributed by atoms with Gasteiger partial charge in [-0.15, -0.1) is 0 Å². The minimum absolute atomic E-state index is 0.0812. The number of carbonyl (C=O) groups is 2. The van der Waals surface area contributed by atoms with Gasteiger partial charge in [-0.1, -0.05) is 6.92 Å². The van der Waals surface area contributed by atoms with E-state index >= 15 is 0 Å². The fourth-order valence-corrected chi connectivity index (χ4v) is 0.708. The SMILES string of the molecule is CCC(C)OC(=O)C(C)COC(C)=O. The smallest absolute Gasteiger partial charge is 0.312 e. The zero-order chi connectivity index (χ0) is 11.1. The van der Waals surface area contributed by atoms with Crippen LogP contribution in [0.25, 0.3) is 0 Å². The fraction of sp³-hybridized carbons (Fsp3) is 0.800. The number of rotatable bonds is 5. The molecule has 14 heavy (non-hydrogen) atoms. The molecule has 0 aromatic heterocycles. The Kier molecular flexibility index (Phi) is 5.92. The van der Waals surface area contributed by atoms with E-state index in [0.717, 1.165) is 6.42 Å². The van der Waals surface area contributed by atoms with Gasteiger partial charge >= 0.3 is 11.9 Å². The van der Waals surface area contributed by atoms with Crippen LogP contribution >= 0.6 is 0 Å². The van der Waals surface area contributed by atoms with Crippen LogP contribution in [-0.2, 0) is 19.1 Å². The molecule has 2 unspecified atom stereocenters. The van der Waals surface area contributed by atoms with Crippen molar-refractivity contribution in [1.29, 1.82) is 0 Å². The summed E-state index contributed by atoms with van der Waals surface area (Å²) in [4.78, 5) is 21.8. The van der Waals surface area contributed by atoms with E-state index in [1.807, 2.05) is 13.8 Å². The Hall–Kier alpha value is -1.06. The van der Waals surface area contributed by atoms with Crippen LogP contribution in [0.3, 0.4) is 0 Å². The molecule has 0 spiro atoms. The van der Waals surface area contributed by atoms with Gasteiger partial charge in [0.05, 0.1) is 12.0 Å². The average Bonchev–Trinajstić information content (AvgIpc) is 2.13. The highest BCUT2D eigenvalue weighted by Crippen LogP contribution is 2.04. The lowest BCUT2D eigenvalue weighted by atomic mass is 10.2. The number of carbonyl (C=O) groups excluding carboxylic acids is 2. The van der Waals surface area contributed by atoms with Crippen molar-refractivity contribution in [1.82, 2.24) is 0 Å². The second-order valence-electron chi connectivity index (χ2n) is 3.36. The van der Waals surface area contributed by atoms with E-state index in [1.54, 1.807) is 6.92 Å². The lowest BCUT2D eigenvalue weighted by Gasteiger charge is -2.15. The molecular weight excluding hydrogens is 184 g/mol. The first-order valence-corrected chi connectivity index (χ1v) is 4.81. The molecule has 4 nitrogen and oxygen atoms in total. The van der Waals surface area contributed by atoms with Gasteiger partial charge < -0.3 is 9.47 Å². The van der Waals surface area contributed by atoms with E-state index in [4.69, 9.17) is 9.47 Å². The maximum absolute atomic E-state index is 11.3. The van der Waals surface area contributed by atoms with E-state index in [-0.39, 0.29) is 24.6 Å². The van der Waals surface area contributed by atoms with Crippen molar-refractivity contribution in [3.63, 3.8) is 0 Å². The van der Waals surface area contributed by atoms with Crippen LogP contribution in [0, 0.1) is 5.92 Å². The molecule has 0 radical (unpaired) electrons. The first-order valence-electron chi connectivity index (χ1n) is 4.81. The largest absolute Gasteiger partial charge is 0.465 e. The highest BCUT2D eigenvalue weighted by atomic mass is 16.6. The molecule has 0 aliphatic carbocycles. The Balaban J connectivity index is 3.81. The van der Waals surface area contributed by atoms with Crippen molar-refractivity contribution in [3.05, 3.63) is 0 Å². The third-order valence-electron chi connectivity index (χ3n) is 1.83. The van der Waals surface area contributed by atoms with Gasteiger partial charge in [0.15, 0.2) is 0 Å². The predicted octanol–water partition coefficient (Wildman–Crippen LogP) is 1.53. The normalized spacial score (nSPS) is 14.3. The zero-order valence-electron chi connectivity index (χ0n) is 9.20. The van der Waals surface area contributed by atoms with E-state index < -0.39 is 5.92 Å². The third kappa shape index (κ3) is 5.56. The topological polar surface area (TPSA) is 52.6 Å². The lowest BCUT2D eigenvalue weighted by Crippen LogP contribution is -2.24. The Labute approximate surface area is 84.6 Å². The van der Waals surface area contributed by atoms with E-state index in [9.17, 15) is 9.59 Å². The molecule has 0 aliphatic rings. The van der Waals surface area contributed by atoms with Gasteiger partial charge in [-0.3, -0.25) is 9.59 Å². The molecular formula is C10H18O4. The van der Waals surface area contributed by atoms with Gasteiger partial charge in [-0.25, -0.2) is 0 Å². The zero-order valence-corrected chi connectivity index (χ0v) is 9.20. The van der Waals surface area contributed by atoms with Gasteiger partial charge in [0, 0.05) is 6.92 Å². The van der Waals surface area contributed by atoms with Gasteiger partial charge in [-0.05, 0) is 20.3 Å². The van der Waals surface area contributed by atoms with Crippen molar-refractivity contribution in [3.8, 4) is 0 Å². The Morgan fingerprint density at radius 3 is 2.29 bits per heavy atom. The van der Waals surface area contributed by atoms with E-state index in [0.29, 0.717) is 0 Å². The quantitative estimate of drug-likeness (QED) is 0.634. The molecule has 0 bridgehead atoms. The summed E-state index contributed by atoms with van der Waals surface area (Å²) >= 11 is 0. The van der Waals surface area contributed by atoms with Crippen LogP contribution in [0.15, 0.2) is 0 Å². The summed E-state index contributed by atoms with van der Waals surface area (Å²) in [6.07, 6.45) is 0.703. The molecule has 0 rings (SSSR count). The van der Waals surface area contributed by atoms with Crippen molar-refractivity contribution in [2.75, 3.05) is 6.61 Å². The molecule has 0 N–H and O–H groups in total. The van der Waals surface area contributed by atoms with Crippen molar-refractivity contribution >= 4 is 11.9 Å². The monoisotopic (exact) mass is 202 g/mol. The minimum Gasteiger partial charge on any atom is -0.465 e. The number of esters is 2.